The number of carbonyl (C=O) groups is 2. The molecule has 1 aliphatic heterocycles. The van der Waals surface area contributed by atoms with Gasteiger partial charge in [-0.05, 0) is 73.5 Å². The molecule has 1 atom stereocenters. The number of benzene rings is 3. The Bertz CT molecular complexity index is 1610. The van der Waals surface area contributed by atoms with E-state index in [2.05, 4.69) is 4.57 Å². The maximum Gasteiger partial charge on any atom is 0.256 e. The highest BCUT2D eigenvalue weighted by Gasteiger charge is 2.41. The van der Waals surface area contributed by atoms with Crippen LogP contribution in [0.5, 0.6) is 11.5 Å². The molecule has 0 unspecified atom stereocenters. The molecule has 0 N–H and O–H groups in total. The molecule has 2 heterocycles. The molecule has 204 valence electrons. The maximum absolute atomic E-state index is 14.4. The normalized spacial score (nSPS) is 15.7. The van der Waals surface area contributed by atoms with Crippen LogP contribution >= 0.6 is 23.2 Å². The Morgan fingerprint density at radius 2 is 1.70 bits per heavy atom. The predicted molar refractivity (Wildman–Crippen MR) is 155 cm³/mol. The SMILES string of the molecule is COc1ccc(OC)c([C@H]2c3cccn3-c3ccccc3N2C(=O)CN(C(=O)c2ccc(Cl)cc2Cl)C2CC2)c1. The van der Waals surface area contributed by atoms with Gasteiger partial charge in [0.25, 0.3) is 5.91 Å². The van der Waals surface area contributed by atoms with E-state index in [0.717, 1.165) is 35.5 Å². The number of hydrogen-bond acceptors (Lipinski definition) is 4. The van der Waals surface area contributed by atoms with E-state index in [1.54, 1.807) is 42.2 Å². The van der Waals surface area contributed by atoms with Crippen molar-refractivity contribution in [3.8, 4) is 17.2 Å². The highest BCUT2D eigenvalue weighted by molar-refractivity contribution is 6.36. The van der Waals surface area contributed by atoms with Crippen molar-refractivity contribution in [2.45, 2.75) is 24.9 Å². The lowest BCUT2D eigenvalue weighted by Gasteiger charge is -2.40. The highest BCUT2D eigenvalue weighted by Crippen LogP contribution is 2.46. The summed E-state index contributed by atoms with van der Waals surface area (Å²) in [6, 6.07) is 21.5. The Balaban J connectivity index is 1.45. The van der Waals surface area contributed by atoms with Crippen LogP contribution in [0.15, 0.2) is 79.0 Å². The number of hydrogen-bond donors (Lipinski definition) is 0. The Labute approximate surface area is 242 Å². The minimum absolute atomic E-state index is 0.0307. The molecular weight excluding hydrogens is 549 g/mol. The third kappa shape index (κ3) is 4.59. The lowest BCUT2D eigenvalue weighted by atomic mass is 9.96. The smallest absolute Gasteiger partial charge is 0.256 e. The van der Waals surface area contributed by atoms with Gasteiger partial charge in [0.15, 0.2) is 0 Å². The largest absolute Gasteiger partial charge is 0.497 e. The van der Waals surface area contributed by atoms with Gasteiger partial charge >= 0.3 is 0 Å². The number of para-hydroxylation sites is 2. The van der Waals surface area contributed by atoms with Crippen LogP contribution in [0.1, 0.15) is 40.5 Å². The second kappa shape index (κ2) is 10.6. The number of fused-ring (bicyclic) bond motifs is 3. The average Bonchev–Trinajstić information content (AvgIpc) is 3.69. The quantitative estimate of drug-likeness (QED) is 0.251. The topological polar surface area (TPSA) is 64.0 Å². The van der Waals surface area contributed by atoms with Gasteiger partial charge < -0.3 is 18.9 Å². The summed E-state index contributed by atoms with van der Waals surface area (Å²) in [5.74, 6) is 0.757. The Kier molecular flexibility index (Phi) is 6.94. The van der Waals surface area contributed by atoms with E-state index in [1.807, 2.05) is 60.8 Å². The van der Waals surface area contributed by atoms with Gasteiger partial charge in [-0.3, -0.25) is 14.5 Å². The van der Waals surface area contributed by atoms with Crippen molar-refractivity contribution in [3.63, 3.8) is 0 Å². The number of ether oxygens (including phenoxy) is 2. The zero-order valence-electron chi connectivity index (χ0n) is 22.0. The molecule has 4 aromatic rings. The minimum atomic E-state index is -0.530. The molecule has 0 saturated heterocycles. The fourth-order valence-electron chi connectivity index (χ4n) is 5.40. The molecule has 40 heavy (non-hydrogen) atoms. The summed E-state index contributed by atoms with van der Waals surface area (Å²) in [6.07, 6.45) is 3.64. The number of rotatable bonds is 7. The maximum atomic E-state index is 14.4. The van der Waals surface area contributed by atoms with Crippen molar-refractivity contribution in [2.24, 2.45) is 0 Å². The summed E-state index contributed by atoms with van der Waals surface area (Å²) >= 11 is 12.5. The molecule has 6 rings (SSSR count). The van der Waals surface area contributed by atoms with Crippen LogP contribution in [0.4, 0.5) is 5.69 Å². The van der Waals surface area contributed by atoms with E-state index in [0.29, 0.717) is 22.1 Å². The number of carbonyl (C=O) groups excluding carboxylic acids is 2. The lowest BCUT2D eigenvalue weighted by Crippen LogP contribution is -2.47. The Morgan fingerprint density at radius 3 is 2.40 bits per heavy atom. The molecule has 1 aromatic heterocycles. The van der Waals surface area contributed by atoms with E-state index in [9.17, 15) is 9.59 Å². The molecule has 0 spiro atoms. The Hall–Kier alpha value is -3.94. The van der Waals surface area contributed by atoms with Gasteiger partial charge in [0.1, 0.15) is 24.1 Å². The van der Waals surface area contributed by atoms with E-state index in [-0.39, 0.29) is 29.4 Å². The molecule has 7 nitrogen and oxygen atoms in total. The summed E-state index contributed by atoms with van der Waals surface area (Å²) in [7, 11) is 3.21. The molecule has 1 fully saturated rings. The molecule has 2 amide bonds. The van der Waals surface area contributed by atoms with Crippen LogP contribution in [0, 0.1) is 0 Å². The second-order valence-corrected chi connectivity index (χ2v) is 10.7. The summed E-state index contributed by atoms with van der Waals surface area (Å²) in [6.45, 7) is -0.111. The lowest BCUT2D eigenvalue weighted by molar-refractivity contribution is -0.119. The Morgan fingerprint density at radius 1 is 0.925 bits per heavy atom. The van der Waals surface area contributed by atoms with Crippen molar-refractivity contribution in [1.29, 1.82) is 0 Å². The van der Waals surface area contributed by atoms with Crippen LogP contribution in [-0.2, 0) is 4.79 Å². The van der Waals surface area contributed by atoms with Crippen LogP contribution in [0.3, 0.4) is 0 Å². The van der Waals surface area contributed by atoms with E-state index >= 15 is 0 Å². The van der Waals surface area contributed by atoms with E-state index in [4.69, 9.17) is 32.7 Å². The van der Waals surface area contributed by atoms with Gasteiger partial charge in [0.2, 0.25) is 5.91 Å². The van der Waals surface area contributed by atoms with Crippen LogP contribution in [-0.4, -0.2) is 48.1 Å². The third-order valence-electron chi connectivity index (χ3n) is 7.44. The molecule has 9 heteroatoms. The molecule has 3 aromatic carbocycles. The van der Waals surface area contributed by atoms with Gasteiger partial charge in [-0.2, -0.15) is 0 Å². The van der Waals surface area contributed by atoms with Gasteiger partial charge in [-0.25, -0.2) is 0 Å². The van der Waals surface area contributed by atoms with Gasteiger partial charge in [-0.1, -0.05) is 35.3 Å². The molecular formula is C31H27Cl2N3O4. The fraction of sp³-hybridized carbons (Fsp3) is 0.226. The fourth-order valence-corrected chi connectivity index (χ4v) is 5.89. The molecule has 1 saturated carbocycles. The molecule has 0 bridgehead atoms. The van der Waals surface area contributed by atoms with E-state index < -0.39 is 6.04 Å². The van der Waals surface area contributed by atoms with Gasteiger partial charge in [0, 0.05) is 22.8 Å². The summed E-state index contributed by atoms with van der Waals surface area (Å²) in [4.78, 5) is 31.6. The average molecular weight is 576 g/mol. The number of nitrogens with zero attached hydrogens (tertiary/aromatic N) is 3. The second-order valence-electron chi connectivity index (χ2n) is 9.85. The van der Waals surface area contributed by atoms with Crippen molar-refractivity contribution >= 4 is 40.7 Å². The number of methoxy groups -OCH3 is 2. The summed E-state index contributed by atoms with van der Waals surface area (Å²) in [5, 5.41) is 0.703. The third-order valence-corrected chi connectivity index (χ3v) is 7.98. The monoisotopic (exact) mass is 575 g/mol. The summed E-state index contributed by atoms with van der Waals surface area (Å²) in [5.41, 5.74) is 3.60. The predicted octanol–water partition coefficient (Wildman–Crippen LogP) is 6.54. The van der Waals surface area contributed by atoms with E-state index in [1.165, 1.54) is 0 Å². The van der Waals surface area contributed by atoms with Crippen molar-refractivity contribution in [2.75, 3.05) is 25.7 Å². The van der Waals surface area contributed by atoms with Crippen LogP contribution in [0.2, 0.25) is 10.0 Å². The number of aromatic nitrogens is 1. The standard InChI is InChI=1S/C31H27Cl2N3O4/c1-39-21-12-14-28(40-2)23(17-21)30-27-8-5-15-34(27)25-6-3-4-7-26(25)36(30)29(37)18-35(20-10-11-20)31(38)22-13-9-19(32)16-24(22)33/h3-9,12-17,20,30H,10-11,18H2,1-2H3/t30-/m0/s1. The zero-order chi connectivity index (χ0) is 28.0. The zero-order valence-corrected chi connectivity index (χ0v) is 23.5. The van der Waals surface area contributed by atoms with Crippen molar-refractivity contribution in [3.05, 3.63) is 106 Å². The molecule has 2 aliphatic rings. The first-order valence-corrected chi connectivity index (χ1v) is 13.7. The molecule has 1 aliphatic carbocycles. The van der Waals surface area contributed by atoms with Gasteiger partial charge in [-0.15, -0.1) is 0 Å². The van der Waals surface area contributed by atoms with Gasteiger partial charge in [0.05, 0.1) is 41.9 Å². The van der Waals surface area contributed by atoms with Crippen LogP contribution in [0.25, 0.3) is 5.69 Å². The minimum Gasteiger partial charge on any atom is -0.497 e. The highest BCUT2D eigenvalue weighted by atomic mass is 35.5. The van der Waals surface area contributed by atoms with Crippen molar-refractivity contribution in [1.82, 2.24) is 9.47 Å². The van der Waals surface area contributed by atoms with Crippen LogP contribution < -0.4 is 14.4 Å². The van der Waals surface area contributed by atoms with Crippen molar-refractivity contribution < 1.29 is 19.1 Å². The first-order chi connectivity index (χ1) is 19.4. The first-order valence-electron chi connectivity index (χ1n) is 13.0. The first kappa shape index (κ1) is 26.3. The summed E-state index contributed by atoms with van der Waals surface area (Å²) < 4.78 is 13.4. The molecule has 0 radical (unpaired) electrons. The number of halogens is 2. The number of anilines is 1. The number of amides is 2.